The third kappa shape index (κ3) is 5.83. The highest BCUT2D eigenvalue weighted by Gasteiger charge is 2.38. The van der Waals surface area contributed by atoms with Crippen molar-refractivity contribution in [3.8, 4) is 0 Å². The number of likely N-dealkylation sites (N-methyl/N-ethyl adjacent to an activating group) is 1. The second-order valence-corrected chi connectivity index (χ2v) is 6.50. The van der Waals surface area contributed by atoms with Crippen molar-refractivity contribution in [1.82, 2.24) is 4.90 Å². The van der Waals surface area contributed by atoms with Gasteiger partial charge in [-0.1, -0.05) is 30.3 Å². The van der Waals surface area contributed by atoms with Crippen molar-refractivity contribution in [2.24, 2.45) is 5.92 Å². The lowest BCUT2D eigenvalue weighted by Crippen LogP contribution is -2.41. The number of nitrogens with zero attached hydrogens (tertiary/aromatic N) is 1. The monoisotopic (exact) mass is 341 g/mol. The van der Waals surface area contributed by atoms with E-state index >= 15 is 0 Å². The minimum atomic E-state index is -2.64. The highest BCUT2D eigenvalue weighted by Crippen LogP contribution is 2.36. The van der Waals surface area contributed by atoms with Gasteiger partial charge in [-0.3, -0.25) is 4.79 Å². The predicted molar refractivity (Wildman–Crippen MR) is 86.6 cm³/mol. The molecule has 1 fully saturated rings. The molecule has 4 nitrogen and oxygen atoms in total. The van der Waals surface area contributed by atoms with Gasteiger partial charge in [-0.05, 0) is 18.4 Å². The van der Waals surface area contributed by atoms with Crippen LogP contribution in [0.25, 0.3) is 0 Å². The SMILES string of the molecule is CN(CC(O)COCc1ccccc1)C(=O)C1CCC(F)(F)CC1. The van der Waals surface area contributed by atoms with Crippen LogP contribution in [0.5, 0.6) is 0 Å². The highest BCUT2D eigenvalue weighted by molar-refractivity contribution is 5.78. The van der Waals surface area contributed by atoms with Crippen LogP contribution in [-0.2, 0) is 16.1 Å². The van der Waals surface area contributed by atoms with E-state index in [9.17, 15) is 18.7 Å². The predicted octanol–water partition coefficient (Wildman–Crippen LogP) is 2.85. The Balaban J connectivity index is 1.69. The topological polar surface area (TPSA) is 49.8 Å². The van der Waals surface area contributed by atoms with Gasteiger partial charge in [0.1, 0.15) is 0 Å². The molecule has 134 valence electrons. The van der Waals surface area contributed by atoms with E-state index in [1.54, 1.807) is 7.05 Å². The van der Waals surface area contributed by atoms with Crippen LogP contribution in [0.15, 0.2) is 30.3 Å². The average Bonchev–Trinajstić information content (AvgIpc) is 2.55. The van der Waals surface area contributed by atoms with Gasteiger partial charge in [-0.2, -0.15) is 0 Å². The molecule has 0 heterocycles. The lowest BCUT2D eigenvalue weighted by molar-refractivity contribution is -0.140. The molecule has 1 aliphatic carbocycles. The van der Waals surface area contributed by atoms with E-state index in [1.165, 1.54) is 4.90 Å². The number of aliphatic hydroxyl groups excluding tert-OH is 1. The first-order chi connectivity index (χ1) is 11.4. The van der Waals surface area contributed by atoms with Crippen LogP contribution in [0.2, 0.25) is 0 Å². The summed E-state index contributed by atoms with van der Waals surface area (Å²) < 4.78 is 31.7. The summed E-state index contributed by atoms with van der Waals surface area (Å²) in [5.74, 6) is -3.18. The molecule has 1 amide bonds. The van der Waals surface area contributed by atoms with Crippen LogP contribution < -0.4 is 0 Å². The number of hydrogen-bond donors (Lipinski definition) is 1. The number of halogens is 2. The molecule has 0 aromatic heterocycles. The molecule has 0 bridgehead atoms. The normalized spacial score (nSPS) is 19.0. The number of carbonyl (C=O) groups excluding carboxylic acids is 1. The summed E-state index contributed by atoms with van der Waals surface area (Å²) in [6.07, 6.45) is -0.860. The van der Waals surface area contributed by atoms with E-state index in [0.29, 0.717) is 6.61 Å². The quantitative estimate of drug-likeness (QED) is 0.830. The highest BCUT2D eigenvalue weighted by atomic mass is 19.3. The van der Waals surface area contributed by atoms with Crippen LogP contribution in [-0.4, -0.2) is 48.1 Å². The van der Waals surface area contributed by atoms with Gasteiger partial charge in [-0.15, -0.1) is 0 Å². The minimum absolute atomic E-state index is 0.120. The number of hydrogen-bond acceptors (Lipinski definition) is 3. The van der Waals surface area contributed by atoms with Crippen molar-refractivity contribution in [3.63, 3.8) is 0 Å². The second kappa shape index (κ2) is 8.53. The van der Waals surface area contributed by atoms with E-state index in [0.717, 1.165) is 5.56 Å². The van der Waals surface area contributed by atoms with E-state index in [4.69, 9.17) is 4.74 Å². The minimum Gasteiger partial charge on any atom is -0.389 e. The van der Waals surface area contributed by atoms with Gasteiger partial charge in [-0.25, -0.2) is 8.78 Å². The van der Waals surface area contributed by atoms with Gasteiger partial charge in [0, 0.05) is 32.4 Å². The largest absolute Gasteiger partial charge is 0.389 e. The van der Waals surface area contributed by atoms with Gasteiger partial charge in [0.2, 0.25) is 11.8 Å². The molecule has 1 saturated carbocycles. The molecule has 1 N–H and O–H groups in total. The molecule has 2 rings (SSSR count). The van der Waals surface area contributed by atoms with Crippen molar-refractivity contribution in [2.45, 2.75) is 44.3 Å². The standard InChI is InChI=1S/C18H25F2NO3/c1-21(17(23)15-7-9-18(19,20)10-8-15)11-16(22)13-24-12-14-5-3-2-4-6-14/h2-6,15-16,22H,7-13H2,1H3. The zero-order chi connectivity index (χ0) is 17.6. The van der Waals surface area contributed by atoms with E-state index in [2.05, 4.69) is 0 Å². The molecule has 1 atom stereocenters. The van der Waals surface area contributed by atoms with Crippen LogP contribution in [0, 0.1) is 5.92 Å². The average molecular weight is 341 g/mol. The molecule has 0 saturated heterocycles. The number of aliphatic hydroxyl groups is 1. The first-order valence-electron chi connectivity index (χ1n) is 8.30. The fourth-order valence-corrected chi connectivity index (χ4v) is 2.94. The Morgan fingerprint density at radius 2 is 1.96 bits per heavy atom. The Bertz CT molecular complexity index is 514. The van der Waals surface area contributed by atoms with Crippen LogP contribution >= 0.6 is 0 Å². The van der Waals surface area contributed by atoms with E-state index in [1.807, 2.05) is 30.3 Å². The lowest BCUT2D eigenvalue weighted by Gasteiger charge is -2.31. The number of benzene rings is 1. The Morgan fingerprint density at radius 3 is 2.58 bits per heavy atom. The summed E-state index contributed by atoms with van der Waals surface area (Å²) in [6.45, 7) is 0.656. The maximum atomic E-state index is 13.2. The number of alkyl halides is 2. The van der Waals surface area contributed by atoms with Gasteiger partial charge in [0.05, 0.1) is 19.3 Å². The summed E-state index contributed by atoms with van der Waals surface area (Å²) in [4.78, 5) is 13.7. The first kappa shape index (κ1) is 18.8. The number of rotatable bonds is 7. The molecule has 0 spiro atoms. The Kier molecular flexibility index (Phi) is 6.69. The van der Waals surface area contributed by atoms with E-state index < -0.39 is 12.0 Å². The number of carbonyl (C=O) groups is 1. The summed E-state index contributed by atoms with van der Waals surface area (Å²) in [6, 6.07) is 9.60. The van der Waals surface area contributed by atoms with Gasteiger partial charge in [0.25, 0.3) is 0 Å². The summed E-state index contributed by atoms with van der Waals surface area (Å²) in [5.41, 5.74) is 1.01. The number of ether oxygens (including phenoxy) is 1. The van der Waals surface area contributed by atoms with Crippen LogP contribution in [0.4, 0.5) is 8.78 Å². The van der Waals surface area contributed by atoms with Crippen molar-refractivity contribution >= 4 is 5.91 Å². The Morgan fingerprint density at radius 1 is 1.33 bits per heavy atom. The molecular formula is C18H25F2NO3. The fourth-order valence-electron chi connectivity index (χ4n) is 2.94. The smallest absolute Gasteiger partial charge is 0.248 e. The summed E-state index contributed by atoms with van der Waals surface area (Å²) in [7, 11) is 1.59. The van der Waals surface area contributed by atoms with Crippen LogP contribution in [0.1, 0.15) is 31.2 Å². The zero-order valence-corrected chi connectivity index (χ0v) is 14.0. The Hall–Kier alpha value is -1.53. The van der Waals surface area contributed by atoms with Gasteiger partial charge < -0.3 is 14.7 Å². The van der Waals surface area contributed by atoms with Crippen molar-refractivity contribution in [2.75, 3.05) is 20.2 Å². The fraction of sp³-hybridized carbons (Fsp3) is 0.611. The molecule has 24 heavy (non-hydrogen) atoms. The molecule has 1 aromatic rings. The molecule has 1 aliphatic rings. The molecule has 0 aliphatic heterocycles. The summed E-state index contributed by atoms with van der Waals surface area (Å²) >= 11 is 0. The second-order valence-electron chi connectivity index (χ2n) is 6.50. The van der Waals surface area contributed by atoms with Crippen molar-refractivity contribution < 1.29 is 23.4 Å². The van der Waals surface area contributed by atoms with Crippen LogP contribution in [0.3, 0.4) is 0 Å². The molecule has 1 aromatic carbocycles. The summed E-state index contributed by atoms with van der Waals surface area (Å²) in [5, 5.41) is 9.99. The van der Waals surface area contributed by atoms with Gasteiger partial charge >= 0.3 is 0 Å². The number of amides is 1. The van der Waals surface area contributed by atoms with Gasteiger partial charge in [0.15, 0.2) is 0 Å². The van der Waals surface area contributed by atoms with Crippen molar-refractivity contribution in [3.05, 3.63) is 35.9 Å². The van der Waals surface area contributed by atoms with E-state index in [-0.39, 0.29) is 50.7 Å². The molecule has 6 heteroatoms. The maximum absolute atomic E-state index is 13.2. The maximum Gasteiger partial charge on any atom is 0.248 e. The molecule has 0 radical (unpaired) electrons. The molecule has 1 unspecified atom stereocenters. The van der Waals surface area contributed by atoms with Crippen molar-refractivity contribution in [1.29, 1.82) is 0 Å². The third-order valence-electron chi connectivity index (χ3n) is 4.35. The first-order valence-corrected chi connectivity index (χ1v) is 8.30. The third-order valence-corrected chi connectivity index (χ3v) is 4.35. The lowest BCUT2D eigenvalue weighted by atomic mass is 9.86. The Labute approximate surface area is 141 Å². The molecular weight excluding hydrogens is 316 g/mol. The zero-order valence-electron chi connectivity index (χ0n) is 14.0.